The summed E-state index contributed by atoms with van der Waals surface area (Å²) in [5.41, 5.74) is 0.613. The van der Waals surface area contributed by atoms with Gasteiger partial charge in [-0.1, -0.05) is 50.6 Å². The molecule has 0 unspecified atom stereocenters. The molecule has 0 bridgehead atoms. The van der Waals surface area contributed by atoms with Crippen molar-refractivity contribution in [3.8, 4) is 0 Å². The number of rotatable bonds is 12. The first-order valence-electron chi connectivity index (χ1n) is 13.9. The van der Waals surface area contributed by atoms with Crippen LogP contribution in [0.1, 0.15) is 72.1 Å². The van der Waals surface area contributed by atoms with Crippen molar-refractivity contribution >= 4 is 23.4 Å². The van der Waals surface area contributed by atoms with Gasteiger partial charge in [-0.25, -0.2) is 4.79 Å². The quantitative estimate of drug-likeness (QED) is 0.328. The number of nitrogens with zero attached hydrogens (tertiary/aromatic N) is 1. The number of halogens is 1. The molecule has 3 heterocycles. The van der Waals surface area contributed by atoms with Crippen molar-refractivity contribution in [2.75, 3.05) is 31.6 Å². The lowest BCUT2D eigenvalue weighted by Crippen LogP contribution is -2.49. The minimum atomic E-state index is -0.763. The third-order valence-corrected chi connectivity index (χ3v) is 7.43. The molecule has 9 heteroatoms. The van der Waals surface area contributed by atoms with Crippen molar-refractivity contribution in [3.05, 3.63) is 29.3 Å². The lowest BCUT2D eigenvalue weighted by atomic mass is 10.0. The van der Waals surface area contributed by atoms with Crippen LogP contribution in [0.4, 0.5) is 10.5 Å². The summed E-state index contributed by atoms with van der Waals surface area (Å²) in [5.74, 6) is -0.763. The fraction of sp³-hybridized carbons (Fsp3) is 0.750. The lowest BCUT2D eigenvalue weighted by Gasteiger charge is -2.34. The fourth-order valence-corrected chi connectivity index (χ4v) is 5.48. The number of amides is 1. The van der Waals surface area contributed by atoms with Crippen LogP contribution in [0.3, 0.4) is 0 Å². The number of fused-ring (bicyclic) bond motifs is 1. The van der Waals surface area contributed by atoms with Gasteiger partial charge in [0, 0.05) is 23.9 Å². The Bertz CT molecular complexity index is 848. The smallest absolute Gasteiger partial charge is 0.412 e. The maximum absolute atomic E-state index is 13.0. The second-order valence-electron chi connectivity index (χ2n) is 10.8. The number of nitrogens with one attached hydrogen (secondary N) is 1. The average Bonchev–Trinajstić information content (AvgIpc) is 3.36. The Hall–Kier alpha value is -1.42. The first kappa shape index (κ1) is 28.6. The first-order valence-corrected chi connectivity index (χ1v) is 14.3. The Morgan fingerprint density at radius 2 is 1.78 bits per heavy atom. The van der Waals surface area contributed by atoms with Crippen LogP contribution in [0, 0.1) is 0 Å². The molecule has 0 radical (unpaired) electrons. The zero-order valence-electron chi connectivity index (χ0n) is 22.5. The lowest BCUT2D eigenvalue weighted by molar-refractivity contribution is -0.243. The molecule has 1 aromatic carbocycles. The Morgan fingerprint density at radius 3 is 2.51 bits per heavy atom. The monoisotopic (exact) mass is 538 g/mol. The van der Waals surface area contributed by atoms with Gasteiger partial charge in [0.05, 0.1) is 0 Å². The van der Waals surface area contributed by atoms with Gasteiger partial charge in [-0.15, -0.1) is 0 Å². The summed E-state index contributed by atoms with van der Waals surface area (Å²) in [6, 6.07) is 6.93. The highest BCUT2D eigenvalue weighted by Gasteiger charge is 2.58. The van der Waals surface area contributed by atoms with Gasteiger partial charge < -0.3 is 23.7 Å². The van der Waals surface area contributed by atoms with E-state index in [2.05, 4.69) is 17.1 Å². The van der Waals surface area contributed by atoms with E-state index in [0.29, 0.717) is 23.9 Å². The molecule has 3 fully saturated rings. The van der Waals surface area contributed by atoms with Crippen molar-refractivity contribution in [2.45, 2.75) is 109 Å². The zero-order chi connectivity index (χ0) is 26.3. The van der Waals surface area contributed by atoms with Gasteiger partial charge in [0.15, 0.2) is 12.1 Å². The highest BCUT2D eigenvalue weighted by molar-refractivity contribution is 6.30. The minimum Gasteiger partial charge on any atom is -0.442 e. The molecule has 37 heavy (non-hydrogen) atoms. The molecular weight excluding hydrogens is 496 g/mol. The van der Waals surface area contributed by atoms with Gasteiger partial charge in [-0.3, -0.25) is 10.2 Å². The molecule has 1 aromatic rings. The van der Waals surface area contributed by atoms with Crippen LogP contribution in [0.5, 0.6) is 0 Å². The Labute approximate surface area is 226 Å². The number of carbonyl (C=O) groups excluding carboxylic acids is 1. The SMILES string of the molecule is CCCCCCCO[C@H]1O[C@H]([C@@H](CN2CCCCC2)OC(=O)Nc2ccc(Cl)cc2)[C@@H]2OC(C)(C)O[C@H]12. The molecular formula is C28H43ClN2O6. The number of unbranched alkanes of at least 4 members (excludes halogenated alkanes) is 4. The maximum atomic E-state index is 13.0. The summed E-state index contributed by atoms with van der Waals surface area (Å²) in [6.07, 6.45) is 6.35. The highest BCUT2D eigenvalue weighted by Crippen LogP contribution is 2.41. The van der Waals surface area contributed by atoms with Gasteiger partial charge in [0.1, 0.15) is 24.4 Å². The summed E-state index contributed by atoms with van der Waals surface area (Å²) in [5, 5.41) is 3.41. The topological polar surface area (TPSA) is 78.5 Å². The van der Waals surface area contributed by atoms with E-state index in [1.54, 1.807) is 24.3 Å². The molecule has 208 valence electrons. The number of carbonyl (C=O) groups is 1. The van der Waals surface area contributed by atoms with E-state index in [1.165, 1.54) is 25.7 Å². The van der Waals surface area contributed by atoms with Gasteiger partial charge in [-0.2, -0.15) is 0 Å². The second kappa shape index (κ2) is 13.6. The summed E-state index contributed by atoms with van der Waals surface area (Å²) in [4.78, 5) is 15.3. The molecule has 0 aliphatic carbocycles. The van der Waals surface area contributed by atoms with Crippen molar-refractivity contribution < 1.29 is 28.5 Å². The van der Waals surface area contributed by atoms with Crippen LogP contribution in [0.2, 0.25) is 5.02 Å². The molecule has 0 saturated carbocycles. The van der Waals surface area contributed by atoms with Gasteiger partial charge >= 0.3 is 6.09 Å². The molecule has 4 rings (SSSR count). The Kier molecular flexibility index (Phi) is 10.5. The van der Waals surface area contributed by atoms with Gasteiger partial charge in [0.25, 0.3) is 0 Å². The number of hydrogen-bond donors (Lipinski definition) is 1. The van der Waals surface area contributed by atoms with Crippen molar-refractivity contribution in [1.82, 2.24) is 4.90 Å². The largest absolute Gasteiger partial charge is 0.442 e. The number of piperidine rings is 1. The van der Waals surface area contributed by atoms with Crippen LogP contribution in [-0.4, -0.2) is 73.7 Å². The predicted octanol–water partition coefficient (Wildman–Crippen LogP) is 5.98. The van der Waals surface area contributed by atoms with Gasteiger partial charge in [-0.05, 0) is 70.5 Å². The minimum absolute atomic E-state index is 0.373. The molecule has 8 nitrogen and oxygen atoms in total. The zero-order valence-corrected chi connectivity index (χ0v) is 23.2. The fourth-order valence-electron chi connectivity index (χ4n) is 5.35. The van der Waals surface area contributed by atoms with Crippen LogP contribution < -0.4 is 5.32 Å². The van der Waals surface area contributed by atoms with E-state index in [0.717, 1.165) is 38.8 Å². The van der Waals surface area contributed by atoms with E-state index in [-0.39, 0.29) is 6.10 Å². The Balaban J connectivity index is 1.43. The van der Waals surface area contributed by atoms with Crippen LogP contribution in [0.25, 0.3) is 0 Å². The number of benzene rings is 1. The van der Waals surface area contributed by atoms with Crippen molar-refractivity contribution in [2.24, 2.45) is 0 Å². The molecule has 3 saturated heterocycles. The second-order valence-corrected chi connectivity index (χ2v) is 11.2. The average molecular weight is 539 g/mol. The molecule has 1 N–H and O–H groups in total. The molecule has 0 spiro atoms. The molecule has 0 aromatic heterocycles. The van der Waals surface area contributed by atoms with E-state index >= 15 is 0 Å². The number of hydrogen-bond acceptors (Lipinski definition) is 7. The number of likely N-dealkylation sites (tertiary alicyclic amines) is 1. The van der Waals surface area contributed by atoms with E-state index in [4.69, 9.17) is 35.3 Å². The predicted molar refractivity (Wildman–Crippen MR) is 143 cm³/mol. The molecule has 3 aliphatic rings. The molecule has 3 aliphatic heterocycles. The summed E-state index contributed by atoms with van der Waals surface area (Å²) >= 11 is 5.98. The van der Waals surface area contributed by atoms with Crippen LogP contribution in [-0.2, 0) is 23.7 Å². The van der Waals surface area contributed by atoms with E-state index < -0.39 is 36.5 Å². The highest BCUT2D eigenvalue weighted by atomic mass is 35.5. The number of anilines is 1. The molecule has 1 amide bonds. The Morgan fingerprint density at radius 1 is 1.08 bits per heavy atom. The first-order chi connectivity index (χ1) is 17.8. The summed E-state index contributed by atoms with van der Waals surface area (Å²) in [6.45, 7) is 9.12. The maximum Gasteiger partial charge on any atom is 0.412 e. The normalized spacial score (nSPS) is 28.1. The van der Waals surface area contributed by atoms with Crippen LogP contribution >= 0.6 is 11.6 Å². The van der Waals surface area contributed by atoms with Crippen molar-refractivity contribution in [3.63, 3.8) is 0 Å². The van der Waals surface area contributed by atoms with E-state index in [9.17, 15) is 4.79 Å². The third-order valence-electron chi connectivity index (χ3n) is 7.18. The van der Waals surface area contributed by atoms with Crippen molar-refractivity contribution in [1.29, 1.82) is 0 Å². The summed E-state index contributed by atoms with van der Waals surface area (Å²) < 4.78 is 31.1. The van der Waals surface area contributed by atoms with Crippen LogP contribution in [0.15, 0.2) is 24.3 Å². The molecule has 5 atom stereocenters. The summed E-state index contributed by atoms with van der Waals surface area (Å²) in [7, 11) is 0. The number of ether oxygens (including phenoxy) is 5. The van der Waals surface area contributed by atoms with E-state index in [1.807, 2.05) is 13.8 Å². The third kappa shape index (κ3) is 8.28. The van der Waals surface area contributed by atoms with Gasteiger partial charge in [0.2, 0.25) is 0 Å². The standard InChI is InChI=1S/C28H43ClN2O6/c1-4-5-6-7-11-18-33-26-25-24(36-28(2,3)37-25)23(35-26)22(19-31-16-9-8-10-17-31)34-27(32)30-21-14-12-20(29)13-15-21/h12-15,22-26H,4-11,16-19H2,1-3H3,(H,30,32)/t22-,23-,24+,25+,26+/m1/s1.